The van der Waals surface area contributed by atoms with Gasteiger partial charge < -0.3 is 4.90 Å². The average molecular weight is 385 g/mol. The van der Waals surface area contributed by atoms with Crippen LogP contribution >= 0.6 is 0 Å². The lowest BCUT2D eigenvalue weighted by atomic mass is 10.0. The smallest absolute Gasteiger partial charge is 0.268 e. The molecular weight excluding hydrogens is 365 g/mol. The number of para-hydroxylation sites is 1. The van der Waals surface area contributed by atoms with Gasteiger partial charge in [-0.3, -0.25) is 4.90 Å². The van der Waals surface area contributed by atoms with Crippen LogP contribution in [0.4, 0.5) is 4.39 Å². The number of hydrogen-bond donors (Lipinski definition) is 0. The third-order valence-corrected chi connectivity index (χ3v) is 7.35. The van der Waals surface area contributed by atoms with E-state index in [1.165, 1.54) is 22.2 Å². The van der Waals surface area contributed by atoms with E-state index in [9.17, 15) is 12.8 Å². The molecule has 3 heterocycles. The van der Waals surface area contributed by atoms with Crippen LogP contribution in [-0.2, 0) is 16.6 Å². The lowest BCUT2D eigenvalue weighted by Gasteiger charge is -2.32. The SMILES string of the molecule is CN1CCN(Cc2cn3c4c(cccc24)-c2cc(F)ccc2S3(=O)=O)CC1. The van der Waals surface area contributed by atoms with E-state index < -0.39 is 15.8 Å². The highest BCUT2D eigenvalue weighted by atomic mass is 32.2. The zero-order valence-electron chi connectivity index (χ0n) is 15.0. The van der Waals surface area contributed by atoms with Gasteiger partial charge in [0.05, 0.1) is 10.4 Å². The number of fused-ring (bicyclic) bond motifs is 2. The predicted octanol–water partition coefficient (Wildman–Crippen LogP) is 2.75. The zero-order chi connectivity index (χ0) is 18.8. The topological polar surface area (TPSA) is 45.5 Å². The first-order chi connectivity index (χ1) is 12.9. The van der Waals surface area contributed by atoms with E-state index in [1.807, 2.05) is 18.2 Å². The highest BCUT2D eigenvalue weighted by Crippen LogP contribution is 2.42. The van der Waals surface area contributed by atoms with E-state index in [0.29, 0.717) is 17.6 Å². The van der Waals surface area contributed by atoms with Gasteiger partial charge in [0.2, 0.25) is 0 Å². The van der Waals surface area contributed by atoms with Crippen molar-refractivity contribution in [3.8, 4) is 11.1 Å². The van der Waals surface area contributed by atoms with Crippen LogP contribution in [0.1, 0.15) is 5.56 Å². The molecule has 0 radical (unpaired) electrons. The lowest BCUT2D eigenvalue weighted by Crippen LogP contribution is -2.43. The van der Waals surface area contributed by atoms with Crippen molar-refractivity contribution in [1.82, 2.24) is 13.8 Å². The fourth-order valence-corrected chi connectivity index (χ4v) is 5.74. The molecule has 140 valence electrons. The second kappa shape index (κ2) is 5.89. The van der Waals surface area contributed by atoms with Gasteiger partial charge in [-0.25, -0.2) is 16.8 Å². The Morgan fingerprint density at radius 3 is 2.59 bits per heavy atom. The van der Waals surface area contributed by atoms with Gasteiger partial charge in [0, 0.05) is 55.4 Å². The monoisotopic (exact) mass is 385 g/mol. The van der Waals surface area contributed by atoms with Crippen molar-refractivity contribution >= 4 is 20.9 Å². The third kappa shape index (κ3) is 2.53. The zero-order valence-corrected chi connectivity index (χ0v) is 15.8. The Labute approximate surface area is 157 Å². The van der Waals surface area contributed by atoms with Crippen molar-refractivity contribution in [3.63, 3.8) is 0 Å². The summed E-state index contributed by atoms with van der Waals surface area (Å²) < 4.78 is 41.5. The Hall–Kier alpha value is -2.22. The van der Waals surface area contributed by atoms with Crippen molar-refractivity contribution in [2.45, 2.75) is 11.4 Å². The number of halogens is 1. The molecule has 27 heavy (non-hydrogen) atoms. The van der Waals surface area contributed by atoms with E-state index in [1.54, 1.807) is 6.20 Å². The molecule has 2 aliphatic rings. The second-order valence-electron chi connectivity index (χ2n) is 7.38. The molecule has 1 saturated heterocycles. The standard InChI is InChI=1S/C20H20FN3O2S/c1-22-7-9-23(10-8-22)12-14-13-24-20-16(14)3-2-4-17(20)18-11-15(21)5-6-19(18)27(24,25)26/h2-6,11,13H,7-10,12H2,1H3. The van der Waals surface area contributed by atoms with E-state index in [-0.39, 0.29) is 4.90 Å². The maximum absolute atomic E-state index is 13.8. The molecule has 0 spiro atoms. The number of nitrogens with zero attached hydrogens (tertiary/aromatic N) is 3. The van der Waals surface area contributed by atoms with Crippen molar-refractivity contribution in [2.24, 2.45) is 0 Å². The minimum absolute atomic E-state index is 0.158. The Bertz CT molecular complexity index is 1160. The molecule has 0 N–H and O–H groups in total. The molecule has 0 unspecified atom stereocenters. The summed E-state index contributed by atoms with van der Waals surface area (Å²) in [4.78, 5) is 4.80. The number of rotatable bonds is 2. The van der Waals surface area contributed by atoms with Gasteiger partial charge in [0.1, 0.15) is 5.82 Å². The highest BCUT2D eigenvalue weighted by Gasteiger charge is 2.32. The fraction of sp³-hybridized carbons (Fsp3) is 0.300. The highest BCUT2D eigenvalue weighted by molar-refractivity contribution is 7.90. The Morgan fingerprint density at radius 1 is 1.04 bits per heavy atom. The molecule has 1 fully saturated rings. The summed E-state index contributed by atoms with van der Waals surface area (Å²) in [6.07, 6.45) is 1.74. The van der Waals surface area contributed by atoms with Gasteiger partial charge in [-0.05, 0) is 30.8 Å². The van der Waals surface area contributed by atoms with Crippen molar-refractivity contribution < 1.29 is 12.8 Å². The maximum atomic E-state index is 13.8. The molecule has 0 aliphatic carbocycles. The van der Waals surface area contributed by atoms with Crippen molar-refractivity contribution in [2.75, 3.05) is 33.2 Å². The van der Waals surface area contributed by atoms with Gasteiger partial charge in [0.15, 0.2) is 0 Å². The van der Waals surface area contributed by atoms with E-state index in [4.69, 9.17) is 0 Å². The molecule has 5 nitrogen and oxygen atoms in total. The molecule has 2 aliphatic heterocycles. The van der Waals surface area contributed by atoms with E-state index in [2.05, 4.69) is 16.8 Å². The number of likely N-dealkylation sites (N-methyl/N-ethyl adjacent to an activating group) is 1. The van der Waals surface area contributed by atoms with Crippen LogP contribution in [0.25, 0.3) is 22.0 Å². The molecule has 1 aromatic heterocycles. The summed E-state index contributed by atoms with van der Waals surface area (Å²) in [6.45, 7) is 4.64. The summed E-state index contributed by atoms with van der Waals surface area (Å²) in [7, 11) is -1.62. The maximum Gasteiger partial charge on any atom is 0.268 e. The van der Waals surface area contributed by atoms with Gasteiger partial charge in [-0.15, -0.1) is 0 Å². The second-order valence-corrected chi connectivity index (χ2v) is 9.16. The summed E-state index contributed by atoms with van der Waals surface area (Å²) in [5.41, 5.74) is 2.85. The van der Waals surface area contributed by atoms with Crippen LogP contribution in [-0.4, -0.2) is 55.4 Å². The number of aromatic nitrogens is 1. The molecule has 0 atom stereocenters. The summed E-state index contributed by atoms with van der Waals surface area (Å²) in [5, 5.41) is 0.921. The largest absolute Gasteiger partial charge is 0.304 e. The first-order valence-corrected chi connectivity index (χ1v) is 10.5. The van der Waals surface area contributed by atoms with Crippen molar-refractivity contribution in [3.05, 3.63) is 54.0 Å². The van der Waals surface area contributed by atoms with Crippen LogP contribution < -0.4 is 0 Å². The molecule has 0 amide bonds. The summed E-state index contributed by atoms with van der Waals surface area (Å²) >= 11 is 0. The third-order valence-electron chi connectivity index (χ3n) is 5.63. The van der Waals surface area contributed by atoms with Crippen LogP contribution in [0, 0.1) is 5.82 Å². The van der Waals surface area contributed by atoms with Crippen LogP contribution in [0.15, 0.2) is 47.5 Å². The van der Waals surface area contributed by atoms with Gasteiger partial charge >= 0.3 is 0 Å². The Kier molecular flexibility index (Phi) is 3.69. The number of benzene rings is 2. The summed E-state index contributed by atoms with van der Waals surface area (Å²) in [6, 6.07) is 9.63. The fourth-order valence-electron chi connectivity index (χ4n) is 4.14. The van der Waals surface area contributed by atoms with E-state index in [0.717, 1.165) is 42.7 Å². The first kappa shape index (κ1) is 16.9. The quantitative estimate of drug-likeness (QED) is 0.532. The average Bonchev–Trinajstić information content (AvgIpc) is 3.02. The molecular formula is C20H20FN3O2S. The Balaban J connectivity index is 1.68. The molecule has 2 aromatic carbocycles. The Morgan fingerprint density at radius 2 is 1.81 bits per heavy atom. The van der Waals surface area contributed by atoms with Crippen LogP contribution in [0.3, 0.4) is 0 Å². The minimum Gasteiger partial charge on any atom is -0.304 e. The van der Waals surface area contributed by atoms with E-state index >= 15 is 0 Å². The van der Waals surface area contributed by atoms with Gasteiger partial charge in [-0.2, -0.15) is 0 Å². The molecule has 7 heteroatoms. The molecule has 5 rings (SSSR count). The number of piperazine rings is 1. The molecule has 0 bridgehead atoms. The summed E-state index contributed by atoms with van der Waals surface area (Å²) in [5.74, 6) is -0.432. The minimum atomic E-state index is -3.73. The van der Waals surface area contributed by atoms with Crippen molar-refractivity contribution in [1.29, 1.82) is 0 Å². The van der Waals surface area contributed by atoms with Gasteiger partial charge in [-0.1, -0.05) is 18.2 Å². The molecule has 0 saturated carbocycles. The lowest BCUT2D eigenvalue weighted by molar-refractivity contribution is 0.148. The van der Waals surface area contributed by atoms with Crippen LogP contribution in [0.2, 0.25) is 0 Å². The normalized spacial score (nSPS) is 19.3. The van der Waals surface area contributed by atoms with Crippen LogP contribution in [0.5, 0.6) is 0 Å². The first-order valence-electron chi connectivity index (χ1n) is 9.04. The van der Waals surface area contributed by atoms with Gasteiger partial charge in [0.25, 0.3) is 10.0 Å². The molecule has 3 aromatic rings. The predicted molar refractivity (Wildman–Crippen MR) is 103 cm³/mol. The number of hydrogen-bond acceptors (Lipinski definition) is 4.